The number of halogens is 3. The first-order chi connectivity index (χ1) is 9.31. The molecule has 0 heterocycles. The Kier molecular flexibility index (Phi) is 4.22. The Morgan fingerprint density at radius 2 is 1.90 bits per heavy atom. The lowest BCUT2D eigenvalue weighted by Gasteiger charge is -2.11. The number of nitrogens with two attached hydrogens (primary N) is 1. The maximum absolute atomic E-state index is 13.9. The molecular weight excluding hydrogens is 371 g/mol. The molecule has 0 aromatic heterocycles. The van der Waals surface area contributed by atoms with Crippen LogP contribution in [0.4, 0.5) is 15.8 Å². The van der Waals surface area contributed by atoms with E-state index in [0.29, 0.717) is 4.47 Å². The maximum Gasteiger partial charge on any atom is 0.264 e. The Hall–Kier alpha value is -1.31. The average molecular weight is 380 g/mol. The number of benzene rings is 2. The van der Waals surface area contributed by atoms with Crippen LogP contribution >= 0.6 is 27.5 Å². The minimum absolute atomic E-state index is 0.0592. The van der Waals surface area contributed by atoms with Crippen molar-refractivity contribution in [3.8, 4) is 0 Å². The monoisotopic (exact) mass is 378 g/mol. The highest BCUT2D eigenvalue weighted by Crippen LogP contribution is 2.29. The molecule has 0 saturated carbocycles. The van der Waals surface area contributed by atoms with Crippen molar-refractivity contribution in [1.82, 2.24) is 0 Å². The van der Waals surface area contributed by atoms with Gasteiger partial charge >= 0.3 is 0 Å². The summed E-state index contributed by atoms with van der Waals surface area (Å²) in [6.07, 6.45) is 0. The number of hydrogen-bond donors (Lipinski definition) is 2. The van der Waals surface area contributed by atoms with Gasteiger partial charge in [0, 0.05) is 10.2 Å². The largest absolute Gasteiger partial charge is 0.399 e. The molecule has 0 atom stereocenters. The molecule has 0 saturated heterocycles. The van der Waals surface area contributed by atoms with Gasteiger partial charge in [0.15, 0.2) is 5.82 Å². The van der Waals surface area contributed by atoms with Gasteiger partial charge in [-0.1, -0.05) is 23.7 Å². The molecule has 106 valence electrons. The quantitative estimate of drug-likeness (QED) is 0.800. The summed E-state index contributed by atoms with van der Waals surface area (Å²) < 4.78 is 41.0. The van der Waals surface area contributed by atoms with E-state index in [0.717, 1.165) is 12.1 Å². The van der Waals surface area contributed by atoms with Gasteiger partial charge in [-0.3, -0.25) is 4.72 Å². The van der Waals surface area contributed by atoms with E-state index in [1.807, 2.05) is 0 Å². The van der Waals surface area contributed by atoms with Crippen molar-refractivity contribution in [2.45, 2.75) is 4.90 Å². The first-order valence-electron chi connectivity index (χ1n) is 5.33. The molecule has 20 heavy (non-hydrogen) atoms. The smallest absolute Gasteiger partial charge is 0.264 e. The Bertz CT molecular complexity index is 768. The summed E-state index contributed by atoms with van der Waals surface area (Å²) in [6.45, 7) is 0. The second-order valence-corrected chi connectivity index (χ2v) is 6.81. The van der Waals surface area contributed by atoms with E-state index in [4.69, 9.17) is 17.3 Å². The summed E-state index contributed by atoms with van der Waals surface area (Å²) in [7, 11) is -4.13. The van der Waals surface area contributed by atoms with Crippen molar-refractivity contribution < 1.29 is 12.8 Å². The standard InChI is InChI=1S/C12H9BrClFN2O2S/c13-8-3-1-2-4-10(8)17-20(18,19)11-6-7(16)5-9(14)12(11)15/h1-6,17H,16H2. The highest BCUT2D eigenvalue weighted by molar-refractivity contribution is 9.10. The predicted molar refractivity (Wildman–Crippen MR) is 80.8 cm³/mol. The summed E-state index contributed by atoms with van der Waals surface area (Å²) >= 11 is 8.80. The zero-order valence-electron chi connectivity index (χ0n) is 9.90. The molecule has 2 aromatic rings. The van der Waals surface area contributed by atoms with Crippen LogP contribution in [0, 0.1) is 5.82 Å². The van der Waals surface area contributed by atoms with Crippen molar-refractivity contribution in [1.29, 1.82) is 0 Å². The van der Waals surface area contributed by atoms with Gasteiger partial charge in [-0.05, 0) is 40.2 Å². The van der Waals surface area contributed by atoms with Crippen molar-refractivity contribution in [3.05, 3.63) is 51.7 Å². The van der Waals surface area contributed by atoms with E-state index >= 15 is 0 Å². The molecule has 0 fully saturated rings. The van der Waals surface area contributed by atoms with Gasteiger partial charge in [-0.25, -0.2) is 12.8 Å². The van der Waals surface area contributed by atoms with E-state index in [9.17, 15) is 12.8 Å². The predicted octanol–water partition coefficient (Wildman–Crippen LogP) is 3.62. The molecule has 4 nitrogen and oxygen atoms in total. The molecule has 0 spiro atoms. The maximum atomic E-state index is 13.9. The molecule has 0 aliphatic heterocycles. The zero-order chi connectivity index (χ0) is 14.9. The number of para-hydroxylation sites is 1. The minimum atomic E-state index is -4.13. The highest BCUT2D eigenvalue weighted by atomic mass is 79.9. The molecule has 8 heteroatoms. The van der Waals surface area contributed by atoms with E-state index in [1.165, 1.54) is 6.07 Å². The lowest BCUT2D eigenvalue weighted by molar-refractivity contribution is 0.571. The van der Waals surface area contributed by atoms with Crippen LogP contribution < -0.4 is 10.5 Å². The van der Waals surface area contributed by atoms with Gasteiger partial charge in [-0.2, -0.15) is 0 Å². The average Bonchev–Trinajstić information content (AvgIpc) is 2.36. The SMILES string of the molecule is Nc1cc(Cl)c(F)c(S(=O)(=O)Nc2ccccc2Br)c1. The molecule has 0 aliphatic carbocycles. The van der Waals surface area contributed by atoms with Crippen molar-refractivity contribution in [2.24, 2.45) is 0 Å². The topological polar surface area (TPSA) is 72.2 Å². The molecule has 0 radical (unpaired) electrons. The van der Waals surface area contributed by atoms with E-state index in [-0.39, 0.29) is 16.4 Å². The summed E-state index contributed by atoms with van der Waals surface area (Å²) in [5.74, 6) is -1.04. The lowest BCUT2D eigenvalue weighted by Crippen LogP contribution is -2.15. The molecule has 0 bridgehead atoms. The fourth-order valence-electron chi connectivity index (χ4n) is 1.52. The van der Waals surface area contributed by atoms with Crippen LogP contribution in [0.2, 0.25) is 5.02 Å². The number of hydrogen-bond acceptors (Lipinski definition) is 3. The van der Waals surface area contributed by atoms with Gasteiger partial charge in [0.25, 0.3) is 10.0 Å². The van der Waals surface area contributed by atoms with Gasteiger partial charge < -0.3 is 5.73 Å². The third-order valence-electron chi connectivity index (χ3n) is 2.42. The van der Waals surface area contributed by atoms with E-state index in [2.05, 4.69) is 20.7 Å². The minimum Gasteiger partial charge on any atom is -0.399 e. The second kappa shape index (κ2) is 5.59. The van der Waals surface area contributed by atoms with Crippen LogP contribution in [0.25, 0.3) is 0 Å². The Labute approximate surface area is 128 Å². The van der Waals surface area contributed by atoms with E-state index in [1.54, 1.807) is 18.2 Å². The molecule has 2 aromatic carbocycles. The molecule has 0 unspecified atom stereocenters. The lowest BCUT2D eigenvalue weighted by atomic mass is 10.3. The number of sulfonamides is 1. The van der Waals surface area contributed by atoms with E-state index < -0.39 is 20.7 Å². The number of anilines is 2. The van der Waals surface area contributed by atoms with Crippen LogP contribution in [0.1, 0.15) is 0 Å². The second-order valence-electron chi connectivity index (χ2n) is 3.90. The van der Waals surface area contributed by atoms with Crippen LogP contribution in [-0.2, 0) is 10.0 Å². The van der Waals surface area contributed by atoms with Crippen LogP contribution in [0.3, 0.4) is 0 Å². The highest BCUT2D eigenvalue weighted by Gasteiger charge is 2.22. The Morgan fingerprint density at radius 3 is 2.55 bits per heavy atom. The van der Waals surface area contributed by atoms with Gasteiger partial charge in [0.2, 0.25) is 0 Å². The van der Waals surface area contributed by atoms with Crippen molar-refractivity contribution in [2.75, 3.05) is 10.5 Å². The number of nitrogens with one attached hydrogen (secondary N) is 1. The van der Waals surface area contributed by atoms with Crippen LogP contribution in [-0.4, -0.2) is 8.42 Å². The first-order valence-corrected chi connectivity index (χ1v) is 7.98. The zero-order valence-corrected chi connectivity index (χ0v) is 13.1. The normalized spacial score (nSPS) is 11.3. The molecule has 2 rings (SSSR count). The van der Waals surface area contributed by atoms with Crippen molar-refractivity contribution in [3.63, 3.8) is 0 Å². The summed E-state index contributed by atoms with van der Waals surface area (Å²) in [4.78, 5) is -0.599. The molecule has 0 aliphatic rings. The van der Waals surface area contributed by atoms with Gasteiger partial charge in [0.1, 0.15) is 4.90 Å². The summed E-state index contributed by atoms with van der Waals surface area (Å²) in [5.41, 5.74) is 5.84. The van der Waals surface area contributed by atoms with Crippen LogP contribution in [0.5, 0.6) is 0 Å². The summed E-state index contributed by atoms with van der Waals surface area (Å²) in [6, 6.07) is 8.72. The molecule has 0 amide bonds. The number of nitrogen functional groups attached to an aromatic ring is 1. The fraction of sp³-hybridized carbons (Fsp3) is 0. The van der Waals surface area contributed by atoms with Crippen LogP contribution in [0.15, 0.2) is 45.8 Å². The Morgan fingerprint density at radius 1 is 1.25 bits per heavy atom. The molecule has 3 N–H and O–H groups in total. The fourth-order valence-corrected chi connectivity index (χ4v) is 3.54. The Balaban J connectivity index is 2.49. The molecular formula is C12H9BrClFN2O2S. The van der Waals surface area contributed by atoms with Gasteiger partial charge in [-0.15, -0.1) is 0 Å². The first kappa shape index (κ1) is 15.1. The number of rotatable bonds is 3. The van der Waals surface area contributed by atoms with Crippen molar-refractivity contribution >= 4 is 48.9 Å². The third kappa shape index (κ3) is 3.05. The summed E-state index contributed by atoms with van der Waals surface area (Å²) in [5, 5.41) is -0.350. The third-order valence-corrected chi connectivity index (χ3v) is 4.76. The van der Waals surface area contributed by atoms with Gasteiger partial charge in [0.05, 0.1) is 10.7 Å².